The number of benzene rings is 2. The standard InChI is InChI=1S/C29H42O2.C2H5NO/c1-8-19-31-27-16-15-26(21-23(27)7)29(11-4,12-5)25-14-13-24(22(6)20-25)17-18-28(30,9-2)10-3;1-2(3)4/h13-18,20-21,30H,8-12,19H2,1-7H3;1H3,(H2,3,4)/b18-17+;. The van der Waals surface area contributed by atoms with Crippen molar-refractivity contribution in [3.05, 3.63) is 70.3 Å². The van der Waals surface area contributed by atoms with Crippen LogP contribution in [0.25, 0.3) is 6.08 Å². The van der Waals surface area contributed by atoms with E-state index in [0.29, 0.717) is 0 Å². The Balaban J connectivity index is 0.00000142. The van der Waals surface area contributed by atoms with E-state index >= 15 is 0 Å². The highest BCUT2D eigenvalue weighted by Crippen LogP contribution is 2.41. The van der Waals surface area contributed by atoms with E-state index in [-0.39, 0.29) is 11.3 Å². The van der Waals surface area contributed by atoms with Gasteiger partial charge in [-0.3, -0.25) is 4.79 Å². The summed E-state index contributed by atoms with van der Waals surface area (Å²) < 4.78 is 5.91. The zero-order valence-corrected chi connectivity index (χ0v) is 23.2. The van der Waals surface area contributed by atoms with Gasteiger partial charge in [-0.15, -0.1) is 0 Å². The molecule has 1 amide bonds. The first-order valence-electron chi connectivity index (χ1n) is 13.0. The predicted molar refractivity (Wildman–Crippen MR) is 149 cm³/mol. The fourth-order valence-electron chi connectivity index (χ4n) is 4.45. The van der Waals surface area contributed by atoms with Crippen LogP contribution in [0.5, 0.6) is 5.75 Å². The minimum absolute atomic E-state index is 0.0192. The van der Waals surface area contributed by atoms with Gasteiger partial charge in [0.05, 0.1) is 12.2 Å². The average molecular weight is 482 g/mol. The topological polar surface area (TPSA) is 72.6 Å². The van der Waals surface area contributed by atoms with Crippen LogP contribution in [0.1, 0.15) is 101 Å². The molecule has 35 heavy (non-hydrogen) atoms. The summed E-state index contributed by atoms with van der Waals surface area (Å²) in [6.07, 6.45) is 8.59. The van der Waals surface area contributed by atoms with Crippen molar-refractivity contribution < 1.29 is 14.6 Å². The summed E-state index contributed by atoms with van der Waals surface area (Å²) in [6.45, 7) is 17.1. The van der Waals surface area contributed by atoms with Crippen LogP contribution in [-0.4, -0.2) is 23.2 Å². The Hall–Kier alpha value is -2.59. The summed E-state index contributed by atoms with van der Waals surface area (Å²) in [5, 5.41) is 10.6. The molecule has 194 valence electrons. The second-order valence-corrected chi connectivity index (χ2v) is 9.44. The molecule has 0 spiro atoms. The zero-order chi connectivity index (χ0) is 26.6. The van der Waals surface area contributed by atoms with E-state index in [4.69, 9.17) is 4.74 Å². The third-order valence-corrected chi connectivity index (χ3v) is 7.02. The number of amides is 1. The highest BCUT2D eigenvalue weighted by Gasteiger charge is 2.31. The van der Waals surface area contributed by atoms with E-state index in [1.54, 1.807) is 0 Å². The van der Waals surface area contributed by atoms with Gasteiger partial charge in [0.15, 0.2) is 0 Å². The third kappa shape index (κ3) is 8.24. The molecule has 0 heterocycles. The Morgan fingerprint density at radius 3 is 1.86 bits per heavy atom. The average Bonchev–Trinajstić information content (AvgIpc) is 2.83. The van der Waals surface area contributed by atoms with Gasteiger partial charge in [0.2, 0.25) is 5.91 Å². The molecule has 3 N–H and O–H groups in total. The smallest absolute Gasteiger partial charge is 0.214 e. The molecule has 0 aliphatic rings. The van der Waals surface area contributed by atoms with Gasteiger partial charge in [-0.2, -0.15) is 0 Å². The van der Waals surface area contributed by atoms with Crippen LogP contribution in [0.3, 0.4) is 0 Å². The molecule has 0 aliphatic heterocycles. The first-order chi connectivity index (χ1) is 16.5. The predicted octanol–water partition coefficient (Wildman–Crippen LogP) is 7.25. The largest absolute Gasteiger partial charge is 0.493 e. The Kier molecular flexibility index (Phi) is 12.3. The van der Waals surface area contributed by atoms with Crippen molar-refractivity contribution in [3.63, 3.8) is 0 Å². The Morgan fingerprint density at radius 1 is 0.914 bits per heavy atom. The number of aryl methyl sites for hydroxylation is 2. The van der Waals surface area contributed by atoms with Crippen LogP contribution in [0.2, 0.25) is 0 Å². The van der Waals surface area contributed by atoms with Gasteiger partial charge in [0.1, 0.15) is 5.75 Å². The van der Waals surface area contributed by atoms with Gasteiger partial charge in [-0.05, 0) is 79.8 Å². The molecule has 0 fully saturated rings. The molecule has 2 aromatic rings. The SMILES string of the molecule is CC(N)=O.CCCOc1ccc(C(CC)(CC)c2ccc(/C=C/C(O)(CC)CC)c(C)c2)cc1C. The van der Waals surface area contributed by atoms with E-state index in [9.17, 15) is 9.90 Å². The number of nitrogens with two attached hydrogens (primary N) is 1. The summed E-state index contributed by atoms with van der Waals surface area (Å²) in [5.41, 5.74) is 10.1. The molecule has 2 rings (SSSR count). The van der Waals surface area contributed by atoms with Crippen LogP contribution in [0, 0.1) is 13.8 Å². The van der Waals surface area contributed by atoms with Crippen LogP contribution < -0.4 is 10.5 Å². The van der Waals surface area contributed by atoms with Crippen molar-refractivity contribution in [2.24, 2.45) is 5.73 Å². The van der Waals surface area contributed by atoms with Gasteiger partial charge in [0, 0.05) is 12.3 Å². The van der Waals surface area contributed by atoms with Crippen LogP contribution >= 0.6 is 0 Å². The molecule has 0 aromatic heterocycles. The second-order valence-electron chi connectivity index (χ2n) is 9.44. The maximum absolute atomic E-state index is 10.6. The Bertz CT molecular complexity index is 965. The lowest BCUT2D eigenvalue weighted by Gasteiger charge is -2.34. The van der Waals surface area contributed by atoms with Crippen molar-refractivity contribution in [3.8, 4) is 5.75 Å². The number of primary amides is 1. The molecule has 0 unspecified atom stereocenters. The lowest BCUT2D eigenvalue weighted by molar-refractivity contribution is -0.115. The fourth-order valence-corrected chi connectivity index (χ4v) is 4.45. The van der Waals surface area contributed by atoms with Crippen molar-refractivity contribution in [2.45, 2.75) is 98.5 Å². The number of ether oxygens (including phenoxy) is 1. The molecule has 2 aromatic carbocycles. The van der Waals surface area contributed by atoms with E-state index in [0.717, 1.165) is 44.5 Å². The Labute approximate surface area is 213 Å². The van der Waals surface area contributed by atoms with Crippen LogP contribution in [0.4, 0.5) is 0 Å². The number of rotatable bonds is 11. The lowest BCUT2D eigenvalue weighted by Crippen LogP contribution is -2.26. The van der Waals surface area contributed by atoms with Gasteiger partial charge in [-0.1, -0.05) is 77.1 Å². The molecule has 0 saturated carbocycles. The van der Waals surface area contributed by atoms with Crippen molar-refractivity contribution >= 4 is 12.0 Å². The van der Waals surface area contributed by atoms with E-state index < -0.39 is 5.60 Å². The Morgan fingerprint density at radius 2 is 1.43 bits per heavy atom. The molecule has 0 bridgehead atoms. The summed E-state index contributed by atoms with van der Waals surface area (Å²) in [4.78, 5) is 9.22. The number of hydrogen-bond donors (Lipinski definition) is 2. The quantitative estimate of drug-likeness (QED) is 0.355. The van der Waals surface area contributed by atoms with E-state index in [2.05, 4.69) is 82.8 Å². The molecule has 4 nitrogen and oxygen atoms in total. The summed E-state index contributed by atoms with van der Waals surface area (Å²) in [5.74, 6) is 0.655. The highest BCUT2D eigenvalue weighted by molar-refractivity contribution is 5.70. The minimum atomic E-state index is -0.721. The normalized spacial score (nSPS) is 11.8. The molecule has 4 heteroatoms. The third-order valence-electron chi connectivity index (χ3n) is 7.02. The molecular weight excluding hydrogens is 434 g/mol. The highest BCUT2D eigenvalue weighted by atomic mass is 16.5. The number of carbonyl (C=O) groups excluding carboxylic acids is 1. The first-order valence-corrected chi connectivity index (χ1v) is 13.0. The molecule has 0 radical (unpaired) electrons. The van der Waals surface area contributed by atoms with Crippen LogP contribution in [0.15, 0.2) is 42.5 Å². The van der Waals surface area contributed by atoms with Gasteiger partial charge in [-0.25, -0.2) is 0 Å². The van der Waals surface area contributed by atoms with Crippen LogP contribution in [-0.2, 0) is 10.2 Å². The zero-order valence-electron chi connectivity index (χ0n) is 23.2. The molecule has 0 atom stereocenters. The lowest BCUT2D eigenvalue weighted by atomic mass is 9.70. The second kappa shape index (κ2) is 14.1. The number of aliphatic hydroxyl groups is 1. The van der Waals surface area contributed by atoms with Crippen molar-refractivity contribution in [1.29, 1.82) is 0 Å². The molecule has 0 saturated heterocycles. The van der Waals surface area contributed by atoms with E-state index in [1.165, 1.54) is 34.7 Å². The van der Waals surface area contributed by atoms with Gasteiger partial charge < -0.3 is 15.6 Å². The maximum Gasteiger partial charge on any atom is 0.214 e. The first kappa shape index (κ1) is 30.4. The van der Waals surface area contributed by atoms with Crippen molar-refractivity contribution in [2.75, 3.05) is 6.61 Å². The molecular formula is C31H47NO3. The van der Waals surface area contributed by atoms with Gasteiger partial charge >= 0.3 is 0 Å². The summed E-state index contributed by atoms with van der Waals surface area (Å²) in [6, 6.07) is 13.5. The number of carbonyl (C=O) groups is 1. The number of hydrogen-bond acceptors (Lipinski definition) is 3. The van der Waals surface area contributed by atoms with Crippen molar-refractivity contribution in [1.82, 2.24) is 0 Å². The minimum Gasteiger partial charge on any atom is -0.493 e. The maximum atomic E-state index is 10.6. The summed E-state index contributed by atoms with van der Waals surface area (Å²) in [7, 11) is 0. The van der Waals surface area contributed by atoms with Gasteiger partial charge in [0.25, 0.3) is 0 Å². The van der Waals surface area contributed by atoms with E-state index in [1.807, 2.05) is 19.9 Å². The molecule has 0 aliphatic carbocycles. The summed E-state index contributed by atoms with van der Waals surface area (Å²) >= 11 is 0. The fraction of sp³-hybridized carbons (Fsp3) is 0.516. The monoisotopic (exact) mass is 481 g/mol.